The molecule has 0 aliphatic carbocycles. The van der Waals surface area contributed by atoms with Crippen LogP contribution >= 0.6 is 0 Å². The second-order valence-corrected chi connectivity index (χ2v) is 39.1. The normalized spacial score (nSPS) is 12.2. The zero-order chi connectivity index (χ0) is 31.7. The second kappa shape index (κ2) is 12.7. The van der Waals surface area contributed by atoms with Crippen LogP contribution in [-0.2, 0) is 0 Å². The summed E-state index contributed by atoms with van der Waals surface area (Å²) in [5.74, 6) is 14.5. The van der Waals surface area contributed by atoms with Crippen molar-refractivity contribution in [1.29, 1.82) is 0 Å². The Labute approximate surface area is 275 Å². The summed E-state index contributed by atoms with van der Waals surface area (Å²) in [7, 11) is -2.75. The van der Waals surface area contributed by atoms with E-state index in [0.717, 1.165) is 22.5 Å². The van der Waals surface area contributed by atoms with E-state index in [-0.39, 0.29) is 0 Å². The van der Waals surface area contributed by atoms with E-state index in [0.29, 0.717) is 0 Å². The van der Waals surface area contributed by atoms with Crippen molar-refractivity contribution in [1.82, 2.24) is 9.97 Å². The first-order valence-corrected chi connectivity index (χ1v) is 32.5. The van der Waals surface area contributed by atoms with Gasteiger partial charge < -0.3 is 0 Å². The summed E-state index contributed by atoms with van der Waals surface area (Å²) in [5, 5.41) is 5.41. The molecule has 0 N–H and O–H groups in total. The van der Waals surface area contributed by atoms with Crippen LogP contribution in [-0.4, -0.2) is 44.6 Å². The molecule has 0 fully saturated rings. The van der Waals surface area contributed by atoms with E-state index in [4.69, 9.17) is 9.97 Å². The summed E-state index contributed by atoms with van der Waals surface area (Å²) in [6, 6.07) is 49.7. The van der Waals surface area contributed by atoms with E-state index in [9.17, 15) is 0 Å². The van der Waals surface area contributed by atoms with Crippen molar-refractivity contribution < 1.29 is 0 Å². The number of rotatable bonds is 8. The van der Waals surface area contributed by atoms with Gasteiger partial charge in [0.2, 0.25) is 0 Å². The van der Waals surface area contributed by atoms with Gasteiger partial charge in [-0.15, -0.1) is 0 Å². The molecule has 0 bridgehead atoms. The van der Waals surface area contributed by atoms with Crippen LogP contribution < -0.4 is 29.5 Å². The molecule has 0 radical (unpaired) electrons. The van der Waals surface area contributed by atoms with Crippen LogP contribution in [0.4, 0.5) is 0 Å². The first kappa shape index (κ1) is 31.5. The van der Waals surface area contributed by atoms with E-state index in [2.05, 4.69) is 180 Å². The average molecular weight is 724 g/mol. The molecule has 0 amide bonds. The molecular weight excluding hydrogens is 682 g/mol. The molecule has 6 aromatic rings. The molecule has 0 aliphatic heterocycles. The maximum absolute atomic E-state index is 4.99. The molecule has 2 heterocycles. The monoisotopic (exact) mass is 726 g/mol. The SMILES string of the molecule is [CH3][Ge]([CH3])([CH3])[c]1ccc(-c2cccc([Si](c3ccccc3)(c3ccccc3)c3cccc(-c4cc[c]([Ge]([CH3])([CH3])[CH3])cn4)c3)c2)nc1. The summed E-state index contributed by atoms with van der Waals surface area (Å²) in [6.45, 7) is 0. The van der Waals surface area contributed by atoms with Gasteiger partial charge in [0.1, 0.15) is 0 Å². The first-order chi connectivity index (χ1) is 21.6. The number of nitrogens with zero attached hydrogens (tertiary/aromatic N) is 2. The van der Waals surface area contributed by atoms with Gasteiger partial charge in [-0.25, -0.2) is 0 Å². The van der Waals surface area contributed by atoms with Crippen molar-refractivity contribution in [2.75, 3.05) is 0 Å². The molecule has 2 nitrogen and oxygen atoms in total. The van der Waals surface area contributed by atoms with Crippen molar-refractivity contribution in [3.8, 4) is 22.5 Å². The number of hydrogen-bond acceptors (Lipinski definition) is 2. The third-order valence-electron chi connectivity index (χ3n) is 8.86. The minimum atomic E-state index is -2.75. The Kier molecular flexibility index (Phi) is 8.88. The molecule has 2 aromatic heterocycles. The number of pyridine rings is 2. The van der Waals surface area contributed by atoms with Gasteiger partial charge in [0.25, 0.3) is 0 Å². The molecule has 0 atom stereocenters. The van der Waals surface area contributed by atoms with Crippen LogP contribution in [0.5, 0.6) is 0 Å². The topological polar surface area (TPSA) is 25.8 Å². The summed E-state index contributed by atoms with van der Waals surface area (Å²) >= 11 is -3.92. The second-order valence-electron chi connectivity index (χ2n) is 14.0. The van der Waals surface area contributed by atoms with Crippen molar-refractivity contribution in [2.45, 2.75) is 34.5 Å². The van der Waals surface area contributed by atoms with Crippen LogP contribution in [0.25, 0.3) is 22.5 Å². The predicted molar refractivity (Wildman–Crippen MR) is 202 cm³/mol. The summed E-state index contributed by atoms with van der Waals surface area (Å²) in [6.07, 6.45) is 4.23. The molecule has 224 valence electrons. The van der Waals surface area contributed by atoms with E-state index >= 15 is 0 Å². The molecule has 0 spiro atoms. The van der Waals surface area contributed by atoms with Crippen LogP contribution in [0, 0.1) is 0 Å². The molecule has 0 aliphatic rings. The van der Waals surface area contributed by atoms with Gasteiger partial charge in [0.05, 0.1) is 0 Å². The van der Waals surface area contributed by atoms with Gasteiger partial charge in [-0.05, 0) is 0 Å². The van der Waals surface area contributed by atoms with Crippen molar-refractivity contribution in [3.05, 3.63) is 146 Å². The maximum atomic E-state index is 4.99. The Hall–Kier alpha value is -3.52. The van der Waals surface area contributed by atoms with Gasteiger partial charge in [-0.2, -0.15) is 0 Å². The third kappa shape index (κ3) is 6.44. The minimum absolute atomic E-state index is 1.03. The Morgan fingerprint density at radius 3 is 1.11 bits per heavy atom. The van der Waals surface area contributed by atoms with E-state index in [1.54, 1.807) is 0 Å². The van der Waals surface area contributed by atoms with Crippen molar-refractivity contribution in [3.63, 3.8) is 0 Å². The molecule has 5 heteroatoms. The Bertz CT molecular complexity index is 1750. The van der Waals surface area contributed by atoms with Crippen molar-refractivity contribution in [2.24, 2.45) is 0 Å². The Balaban J connectivity index is 1.58. The van der Waals surface area contributed by atoms with Gasteiger partial charge in [0, 0.05) is 0 Å². The number of hydrogen-bond donors (Lipinski definition) is 0. The molecule has 4 aromatic carbocycles. The average Bonchev–Trinajstić information content (AvgIpc) is 3.06. The zero-order valence-electron chi connectivity index (χ0n) is 27.3. The first-order valence-electron chi connectivity index (χ1n) is 15.8. The van der Waals surface area contributed by atoms with Gasteiger partial charge in [0.15, 0.2) is 0 Å². The third-order valence-corrected chi connectivity index (χ3v) is 22.1. The Morgan fingerprint density at radius 1 is 0.400 bits per heavy atom. The van der Waals surface area contributed by atoms with E-state index in [1.807, 2.05) is 0 Å². The molecule has 0 saturated carbocycles. The fraction of sp³-hybridized carbons (Fsp3) is 0.150. The molecule has 6 rings (SSSR count). The van der Waals surface area contributed by atoms with E-state index in [1.165, 1.54) is 29.5 Å². The predicted octanol–water partition coefficient (Wildman–Crippen LogP) is 6.28. The fourth-order valence-electron chi connectivity index (χ4n) is 6.22. The Morgan fingerprint density at radius 2 is 0.778 bits per heavy atom. The fourth-order valence-corrected chi connectivity index (χ4v) is 15.4. The van der Waals surface area contributed by atoms with E-state index < -0.39 is 34.6 Å². The quantitative estimate of drug-likeness (QED) is 0.137. The molecule has 45 heavy (non-hydrogen) atoms. The van der Waals surface area contributed by atoms with Crippen molar-refractivity contribution >= 4 is 64.1 Å². The van der Waals surface area contributed by atoms with Crippen LogP contribution in [0.3, 0.4) is 0 Å². The van der Waals surface area contributed by atoms with Gasteiger partial charge in [-0.3, -0.25) is 0 Å². The van der Waals surface area contributed by atoms with Gasteiger partial charge in [-0.1, -0.05) is 0 Å². The molecular formula is C40H42Ge2N2Si. The molecule has 0 saturated heterocycles. The summed E-state index contributed by atoms with van der Waals surface area (Å²) in [4.78, 5) is 9.99. The number of benzene rings is 4. The standard InChI is InChI=1S/C40H42Ge2N2Si/c1-41(2,3)33-23-25-39(43-29-33)31-15-13-21-37(27-31)45(35-17-9-7-10-18-35,36-19-11-8-12-20-36)38-22-14-16-32(28-38)40-26-24-34(30-44-40)42(4,5)6/h7-30H,1-6H3. The number of aromatic nitrogens is 2. The van der Waals surface area contributed by atoms with Gasteiger partial charge >= 0.3 is 277 Å². The summed E-state index contributed by atoms with van der Waals surface area (Å²) < 4.78 is 2.85. The van der Waals surface area contributed by atoms with Crippen LogP contribution in [0.15, 0.2) is 146 Å². The van der Waals surface area contributed by atoms with Crippen LogP contribution in [0.2, 0.25) is 34.5 Å². The summed E-state index contributed by atoms with van der Waals surface area (Å²) in [5.41, 5.74) is 4.37. The van der Waals surface area contributed by atoms with Crippen LogP contribution in [0.1, 0.15) is 0 Å². The molecule has 0 unspecified atom stereocenters. The zero-order valence-corrected chi connectivity index (χ0v) is 32.4.